The number of carbonyl (C=O) groups is 4. The summed E-state index contributed by atoms with van der Waals surface area (Å²) in [4.78, 5) is 55.0. The van der Waals surface area contributed by atoms with Crippen LogP contribution in [0.15, 0.2) is 84.0 Å². The van der Waals surface area contributed by atoms with Crippen LogP contribution in [0.3, 0.4) is 0 Å². The van der Waals surface area contributed by atoms with Crippen molar-refractivity contribution in [3.8, 4) is 5.75 Å². The summed E-state index contributed by atoms with van der Waals surface area (Å²) < 4.78 is 5.17. The molecule has 4 rings (SSSR count). The number of hydrazine groups is 1. The molecule has 3 N–H and O–H groups in total. The van der Waals surface area contributed by atoms with Crippen LogP contribution >= 0.6 is 0 Å². The monoisotopic (exact) mass is 571 g/mol. The van der Waals surface area contributed by atoms with Gasteiger partial charge in [-0.15, -0.1) is 0 Å². The quantitative estimate of drug-likeness (QED) is 0.155. The molecule has 0 radical (unpaired) electrons. The highest BCUT2D eigenvalue weighted by Gasteiger charge is 2.58. The van der Waals surface area contributed by atoms with Gasteiger partial charge in [0.2, 0.25) is 5.91 Å². The number of ether oxygens (including phenoxy) is 1. The first-order valence-electron chi connectivity index (χ1n) is 13.3. The van der Waals surface area contributed by atoms with Crippen molar-refractivity contribution in [1.82, 2.24) is 14.9 Å². The SMILES string of the molecule is COc1ccc(C[C@H](CN(C(C)=O)N2C(=O)N(Cc3ccccc3)[C@](C)(c3ccc(C=NN)cc3)C2=O)C(=O)O)cc1. The Balaban J connectivity index is 1.72. The average Bonchev–Trinajstić information content (AvgIpc) is 3.17. The van der Waals surface area contributed by atoms with E-state index in [2.05, 4.69) is 5.10 Å². The van der Waals surface area contributed by atoms with E-state index < -0.39 is 41.8 Å². The molecule has 1 heterocycles. The zero-order valence-corrected chi connectivity index (χ0v) is 23.6. The van der Waals surface area contributed by atoms with Gasteiger partial charge in [-0.05, 0) is 47.7 Å². The molecule has 2 atom stereocenters. The van der Waals surface area contributed by atoms with Crippen molar-refractivity contribution in [2.75, 3.05) is 13.7 Å². The first kappa shape index (κ1) is 29.8. The molecule has 1 saturated heterocycles. The fraction of sp³-hybridized carbons (Fsp3) is 0.258. The molecule has 0 aliphatic carbocycles. The number of methoxy groups -OCH3 is 1. The molecule has 1 aliphatic heterocycles. The lowest BCUT2D eigenvalue weighted by molar-refractivity contribution is -0.159. The molecule has 0 saturated carbocycles. The number of nitrogens with zero attached hydrogens (tertiary/aromatic N) is 4. The molecular weight excluding hydrogens is 538 g/mol. The molecular formula is C31H33N5O6. The maximum Gasteiger partial charge on any atom is 0.347 e. The highest BCUT2D eigenvalue weighted by atomic mass is 16.5. The van der Waals surface area contributed by atoms with Gasteiger partial charge < -0.3 is 15.7 Å². The normalized spacial score (nSPS) is 17.5. The predicted molar refractivity (Wildman–Crippen MR) is 155 cm³/mol. The third-order valence-electron chi connectivity index (χ3n) is 7.43. The second kappa shape index (κ2) is 12.5. The molecule has 0 spiro atoms. The molecule has 11 nitrogen and oxygen atoms in total. The Labute approximate surface area is 243 Å². The van der Waals surface area contributed by atoms with Crippen molar-refractivity contribution in [3.05, 3.63) is 101 Å². The van der Waals surface area contributed by atoms with Crippen LogP contribution in [0.5, 0.6) is 5.75 Å². The van der Waals surface area contributed by atoms with Crippen LogP contribution in [0.2, 0.25) is 0 Å². The van der Waals surface area contributed by atoms with E-state index in [0.717, 1.165) is 15.6 Å². The smallest absolute Gasteiger partial charge is 0.347 e. The number of carboxylic acids is 1. The Kier molecular flexibility index (Phi) is 8.90. The van der Waals surface area contributed by atoms with Gasteiger partial charge >= 0.3 is 12.0 Å². The number of rotatable bonds is 11. The lowest BCUT2D eigenvalue weighted by Crippen LogP contribution is -2.53. The van der Waals surface area contributed by atoms with E-state index in [4.69, 9.17) is 10.6 Å². The second-order valence-electron chi connectivity index (χ2n) is 10.1. The molecule has 42 heavy (non-hydrogen) atoms. The van der Waals surface area contributed by atoms with Crippen molar-refractivity contribution in [1.29, 1.82) is 0 Å². The predicted octanol–water partition coefficient (Wildman–Crippen LogP) is 3.37. The first-order valence-corrected chi connectivity index (χ1v) is 13.3. The molecule has 0 bridgehead atoms. The summed E-state index contributed by atoms with van der Waals surface area (Å²) in [5.41, 5.74) is 1.16. The highest BCUT2D eigenvalue weighted by molar-refractivity contribution is 6.08. The fourth-order valence-electron chi connectivity index (χ4n) is 5.01. The molecule has 1 aliphatic rings. The molecule has 11 heteroatoms. The van der Waals surface area contributed by atoms with Crippen LogP contribution in [-0.4, -0.2) is 63.7 Å². The zero-order valence-electron chi connectivity index (χ0n) is 23.6. The van der Waals surface area contributed by atoms with Gasteiger partial charge in [-0.25, -0.2) is 9.80 Å². The van der Waals surface area contributed by atoms with Crippen molar-refractivity contribution in [3.63, 3.8) is 0 Å². The van der Waals surface area contributed by atoms with Crippen LogP contribution in [0.25, 0.3) is 0 Å². The van der Waals surface area contributed by atoms with E-state index in [9.17, 15) is 24.3 Å². The van der Waals surface area contributed by atoms with E-state index in [1.54, 1.807) is 55.5 Å². The number of benzene rings is 3. The van der Waals surface area contributed by atoms with Gasteiger partial charge in [-0.2, -0.15) is 10.1 Å². The standard InChI is InChI=1S/C31H33N5O6/c1-21(37)35(20-25(28(38)39)17-22-11-15-27(42-3)16-12-22)36-29(40)31(2,26-13-9-23(10-14-26)18-33-32)34(30(36)41)19-24-7-5-4-6-8-24/h4-16,18,25H,17,19-20,32H2,1-3H3,(H,38,39)/t25-,31-/m1/s1. The summed E-state index contributed by atoms with van der Waals surface area (Å²) in [5.74, 6) is 2.29. The number of imide groups is 1. The van der Waals surface area contributed by atoms with Crippen molar-refractivity contribution < 1.29 is 29.0 Å². The molecule has 4 amide bonds. The Morgan fingerprint density at radius 3 is 2.21 bits per heavy atom. The average molecular weight is 572 g/mol. The molecule has 218 valence electrons. The summed E-state index contributed by atoms with van der Waals surface area (Å²) >= 11 is 0. The second-order valence-corrected chi connectivity index (χ2v) is 10.1. The van der Waals surface area contributed by atoms with E-state index in [1.807, 2.05) is 30.3 Å². The number of hydrogen-bond donors (Lipinski definition) is 2. The Morgan fingerprint density at radius 2 is 1.67 bits per heavy atom. The minimum absolute atomic E-state index is 0.0640. The summed E-state index contributed by atoms with van der Waals surface area (Å²) in [5, 5.41) is 15.3. The maximum absolute atomic E-state index is 14.2. The van der Waals surface area contributed by atoms with Crippen LogP contribution in [0, 0.1) is 5.92 Å². The van der Waals surface area contributed by atoms with Gasteiger partial charge in [-0.1, -0.05) is 66.7 Å². The first-order chi connectivity index (χ1) is 20.1. The lowest BCUT2D eigenvalue weighted by atomic mass is 9.89. The lowest BCUT2D eigenvalue weighted by Gasteiger charge is -2.32. The van der Waals surface area contributed by atoms with E-state index in [-0.39, 0.29) is 13.0 Å². The Bertz CT molecular complexity index is 1480. The zero-order chi connectivity index (χ0) is 30.4. The molecule has 3 aromatic rings. The maximum atomic E-state index is 14.2. The van der Waals surface area contributed by atoms with Crippen LogP contribution in [-0.2, 0) is 32.9 Å². The molecule has 0 aromatic heterocycles. The number of aliphatic carboxylic acids is 1. The number of urea groups is 1. The van der Waals surface area contributed by atoms with Crippen LogP contribution in [0.4, 0.5) is 4.79 Å². The largest absolute Gasteiger partial charge is 0.497 e. The van der Waals surface area contributed by atoms with Crippen LogP contribution < -0.4 is 10.6 Å². The fourth-order valence-corrected chi connectivity index (χ4v) is 5.01. The molecule has 3 aromatic carbocycles. The van der Waals surface area contributed by atoms with E-state index in [0.29, 0.717) is 22.4 Å². The number of hydrogen-bond acceptors (Lipinski definition) is 7. The third-order valence-corrected chi connectivity index (χ3v) is 7.43. The van der Waals surface area contributed by atoms with E-state index >= 15 is 0 Å². The third kappa shape index (κ3) is 5.95. The minimum Gasteiger partial charge on any atom is -0.497 e. The van der Waals surface area contributed by atoms with Gasteiger partial charge in [0.1, 0.15) is 11.3 Å². The summed E-state index contributed by atoms with van der Waals surface area (Å²) in [6, 6.07) is 22.2. The number of carboxylic acid groups (broad SMARTS) is 1. The number of carbonyl (C=O) groups excluding carboxylic acids is 3. The molecule has 1 fully saturated rings. The summed E-state index contributed by atoms with van der Waals surface area (Å²) in [6.07, 6.45) is 1.52. The van der Waals surface area contributed by atoms with E-state index in [1.165, 1.54) is 25.1 Å². The Morgan fingerprint density at radius 1 is 1.02 bits per heavy atom. The summed E-state index contributed by atoms with van der Waals surface area (Å²) in [6.45, 7) is 2.50. The van der Waals surface area contributed by atoms with Crippen molar-refractivity contribution in [2.24, 2.45) is 16.9 Å². The van der Waals surface area contributed by atoms with Gasteiger partial charge in [0.15, 0.2) is 0 Å². The van der Waals surface area contributed by atoms with Crippen molar-refractivity contribution >= 4 is 30.0 Å². The number of amides is 4. The van der Waals surface area contributed by atoms with Crippen LogP contribution in [0.1, 0.15) is 36.1 Å². The van der Waals surface area contributed by atoms with Crippen molar-refractivity contribution in [2.45, 2.75) is 32.4 Å². The van der Waals surface area contributed by atoms with Gasteiger partial charge in [-0.3, -0.25) is 19.3 Å². The van der Waals surface area contributed by atoms with Gasteiger partial charge in [0, 0.05) is 13.5 Å². The summed E-state index contributed by atoms with van der Waals surface area (Å²) in [7, 11) is 1.53. The van der Waals surface area contributed by atoms with Gasteiger partial charge in [0.25, 0.3) is 5.91 Å². The Hall–Kier alpha value is -5.19. The highest BCUT2D eigenvalue weighted by Crippen LogP contribution is 2.39. The minimum atomic E-state index is -1.51. The topological polar surface area (TPSA) is 146 Å². The number of nitrogens with two attached hydrogens (primary N) is 1. The van der Waals surface area contributed by atoms with Gasteiger partial charge in [0.05, 0.1) is 25.8 Å². The molecule has 0 unspecified atom stereocenters. The number of hydrazone groups is 1.